The lowest BCUT2D eigenvalue weighted by atomic mass is 10.1. The molecule has 2 rings (SSSR count). The lowest BCUT2D eigenvalue weighted by molar-refractivity contribution is 0.116. The molecule has 0 saturated heterocycles. The first-order chi connectivity index (χ1) is 9.38. The van der Waals surface area contributed by atoms with E-state index in [0.717, 1.165) is 30.8 Å². The summed E-state index contributed by atoms with van der Waals surface area (Å²) in [7, 11) is 0. The molecule has 2 N–H and O–H groups in total. The fourth-order valence-electron chi connectivity index (χ4n) is 1.92. The predicted molar refractivity (Wildman–Crippen MR) is 76.5 cm³/mol. The van der Waals surface area contributed by atoms with Crippen LogP contribution < -0.4 is 5.73 Å². The standard InChI is InChI=1S/C16H20N2O/c17-12-15-9-4-10-16(18-15)13-19-11-5-8-14-6-2-1-3-7-14/h1-4,6-7,9-10H,5,8,11-13,17H2. The van der Waals surface area contributed by atoms with E-state index in [1.54, 1.807) is 0 Å². The monoisotopic (exact) mass is 256 g/mol. The Balaban J connectivity index is 1.66. The second kappa shape index (κ2) is 7.67. The van der Waals surface area contributed by atoms with Crippen LogP contribution in [0.3, 0.4) is 0 Å². The summed E-state index contributed by atoms with van der Waals surface area (Å²) < 4.78 is 5.64. The highest BCUT2D eigenvalue weighted by molar-refractivity contribution is 5.14. The van der Waals surface area contributed by atoms with Gasteiger partial charge in [-0.15, -0.1) is 0 Å². The van der Waals surface area contributed by atoms with E-state index in [0.29, 0.717) is 13.2 Å². The Labute approximate surface area is 114 Å². The Kier molecular flexibility index (Phi) is 5.53. The molecule has 0 saturated carbocycles. The summed E-state index contributed by atoms with van der Waals surface area (Å²) in [5.41, 5.74) is 8.77. The first kappa shape index (κ1) is 13.7. The maximum atomic E-state index is 5.64. The quantitative estimate of drug-likeness (QED) is 0.775. The van der Waals surface area contributed by atoms with E-state index in [2.05, 4.69) is 29.2 Å². The molecule has 0 aliphatic rings. The van der Waals surface area contributed by atoms with Crippen molar-refractivity contribution >= 4 is 0 Å². The van der Waals surface area contributed by atoms with Crippen molar-refractivity contribution in [2.45, 2.75) is 26.0 Å². The van der Waals surface area contributed by atoms with Crippen molar-refractivity contribution in [1.29, 1.82) is 0 Å². The summed E-state index contributed by atoms with van der Waals surface area (Å²) in [5.74, 6) is 0. The molecule has 0 unspecified atom stereocenters. The largest absolute Gasteiger partial charge is 0.375 e. The van der Waals surface area contributed by atoms with Crippen LogP contribution in [-0.4, -0.2) is 11.6 Å². The molecule has 0 atom stereocenters. The average Bonchev–Trinajstić information content (AvgIpc) is 2.48. The van der Waals surface area contributed by atoms with E-state index in [9.17, 15) is 0 Å². The maximum absolute atomic E-state index is 5.64. The summed E-state index contributed by atoms with van der Waals surface area (Å²) in [5, 5.41) is 0. The molecule has 0 spiro atoms. The molecule has 0 amide bonds. The van der Waals surface area contributed by atoms with Gasteiger partial charge in [0.15, 0.2) is 0 Å². The van der Waals surface area contributed by atoms with Crippen molar-refractivity contribution in [3.05, 3.63) is 65.5 Å². The van der Waals surface area contributed by atoms with Gasteiger partial charge >= 0.3 is 0 Å². The Morgan fingerprint density at radius 3 is 2.53 bits per heavy atom. The fourth-order valence-corrected chi connectivity index (χ4v) is 1.92. The van der Waals surface area contributed by atoms with Gasteiger partial charge in [0.25, 0.3) is 0 Å². The van der Waals surface area contributed by atoms with Crippen molar-refractivity contribution in [2.24, 2.45) is 5.73 Å². The Morgan fingerprint density at radius 2 is 1.74 bits per heavy atom. The van der Waals surface area contributed by atoms with Crippen LogP contribution in [0.4, 0.5) is 0 Å². The third-order valence-corrected chi connectivity index (χ3v) is 2.92. The van der Waals surface area contributed by atoms with Gasteiger partial charge in [-0.25, -0.2) is 0 Å². The third-order valence-electron chi connectivity index (χ3n) is 2.92. The molecular weight excluding hydrogens is 236 g/mol. The SMILES string of the molecule is NCc1cccc(COCCCc2ccccc2)n1. The minimum atomic E-state index is 0.474. The molecule has 1 aromatic carbocycles. The maximum Gasteiger partial charge on any atom is 0.0887 e. The summed E-state index contributed by atoms with van der Waals surface area (Å²) in [6, 6.07) is 16.3. The smallest absolute Gasteiger partial charge is 0.0887 e. The molecule has 19 heavy (non-hydrogen) atoms. The molecular formula is C16H20N2O. The van der Waals surface area contributed by atoms with Crippen LogP contribution in [0, 0.1) is 0 Å². The number of nitrogens with two attached hydrogens (primary N) is 1. The zero-order valence-electron chi connectivity index (χ0n) is 11.1. The van der Waals surface area contributed by atoms with E-state index < -0.39 is 0 Å². The first-order valence-corrected chi connectivity index (χ1v) is 6.65. The molecule has 0 aliphatic carbocycles. The van der Waals surface area contributed by atoms with Gasteiger partial charge < -0.3 is 10.5 Å². The molecule has 100 valence electrons. The van der Waals surface area contributed by atoms with Gasteiger partial charge in [0.05, 0.1) is 18.0 Å². The highest BCUT2D eigenvalue weighted by Crippen LogP contribution is 2.04. The van der Waals surface area contributed by atoms with Crippen LogP contribution in [0.1, 0.15) is 23.4 Å². The fraction of sp³-hybridized carbons (Fsp3) is 0.312. The van der Waals surface area contributed by atoms with Crippen LogP contribution in [0.15, 0.2) is 48.5 Å². The number of aromatic nitrogens is 1. The van der Waals surface area contributed by atoms with E-state index in [1.807, 2.05) is 24.3 Å². The van der Waals surface area contributed by atoms with Crippen molar-refractivity contribution in [3.63, 3.8) is 0 Å². The van der Waals surface area contributed by atoms with Crippen molar-refractivity contribution < 1.29 is 4.74 Å². The molecule has 1 aromatic heterocycles. The van der Waals surface area contributed by atoms with Gasteiger partial charge in [-0.1, -0.05) is 36.4 Å². The van der Waals surface area contributed by atoms with E-state index >= 15 is 0 Å². The summed E-state index contributed by atoms with van der Waals surface area (Å²) in [6.45, 7) is 1.79. The molecule has 0 aliphatic heterocycles. The molecule has 0 fully saturated rings. The van der Waals surface area contributed by atoms with Gasteiger partial charge in [0.2, 0.25) is 0 Å². The number of pyridine rings is 1. The van der Waals surface area contributed by atoms with Gasteiger partial charge in [-0.3, -0.25) is 4.98 Å². The number of nitrogens with zero attached hydrogens (tertiary/aromatic N) is 1. The number of rotatable bonds is 7. The average molecular weight is 256 g/mol. The molecule has 0 radical (unpaired) electrons. The number of aryl methyl sites for hydroxylation is 1. The van der Waals surface area contributed by atoms with Gasteiger partial charge in [-0.2, -0.15) is 0 Å². The van der Waals surface area contributed by atoms with Gasteiger partial charge in [0.1, 0.15) is 0 Å². The van der Waals surface area contributed by atoms with E-state index in [1.165, 1.54) is 5.56 Å². The normalized spacial score (nSPS) is 10.6. The summed E-state index contributed by atoms with van der Waals surface area (Å²) in [4.78, 5) is 4.40. The number of benzene rings is 1. The Hall–Kier alpha value is -1.71. The lowest BCUT2D eigenvalue weighted by Crippen LogP contribution is -2.04. The summed E-state index contributed by atoms with van der Waals surface area (Å²) >= 11 is 0. The molecule has 1 heterocycles. The molecule has 3 heteroatoms. The van der Waals surface area contributed by atoms with Crippen molar-refractivity contribution in [3.8, 4) is 0 Å². The molecule has 0 bridgehead atoms. The van der Waals surface area contributed by atoms with Crippen molar-refractivity contribution in [2.75, 3.05) is 6.61 Å². The first-order valence-electron chi connectivity index (χ1n) is 6.65. The van der Waals surface area contributed by atoms with E-state index in [4.69, 9.17) is 10.5 Å². The topological polar surface area (TPSA) is 48.1 Å². The van der Waals surface area contributed by atoms with Crippen LogP contribution >= 0.6 is 0 Å². The zero-order chi connectivity index (χ0) is 13.3. The minimum absolute atomic E-state index is 0.474. The number of ether oxygens (including phenoxy) is 1. The Morgan fingerprint density at radius 1 is 0.947 bits per heavy atom. The second-order valence-corrected chi connectivity index (χ2v) is 4.47. The minimum Gasteiger partial charge on any atom is -0.375 e. The van der Waals surface area contributed by atoms with Crippen LogP contribution in [0.2, 0.25) is 0 Å². The third kappa shape index (κ3) is 4.81. The highest BCUT2D eigenvalue weighted by atomic mass is 16.5. The van der Waals surface area contributed by atoms with Crippen LogP contribution in [0.5, 0.6) is 0 Å². The van der Waals surface area contributed by atoms with E-state index in [-0.39, 0.29) is 0 Å². The van der Waals surface area contributed by atoms with Crippen molar-refractivity contribution in [1.82, 2.24) is 4.98 Å². The van der Waals surface area contributed by atoms with Gasteiger partial charge in [-0.05, 0) is 30.5 Å². The van der Waals surface area contributed by atoms with Crippen LogP contribution in [-0.2, 0) is 24.3 Å². The molecule has 2 aromatic rings. The lowest BCUT2D eigenvalue weighted by Gasteiger charge is -2.05. The number of hydrogen-bond donors (Lipinski definition) is 1. The van der Waals surface area contributed by atoms with Gasteiger partial charge in [0, 0.05) is 13.2 Å². The highest BCUT2D eigenvalue weighted by Gasteiger charge is 1.97. The summed E-state index contributed by atoms with van der Waals surface area (Å²) in [6.07, 6.45) is 2.08. The molecule has 3 nitrogen and oxygen atoms in total. The second-order valence-electron chi connectivity index (χ2n) is 4.47. The zero-order valence-corrected chi connectivity index (χ0v) is 11.1. The Bertz CT molecular complexity index is 485. The predicted octanol–water partition coefficient (Wildman–Crippen LogP) is 2.69. The van der Waals surface area contributed by atoms with Crippen LogP contribution in [0.25, 0.3) is 0 Å². The number of hydrogen-bond acceptors (Lipinski definition) is 3.